The highest BCUT2D eigenvalue weighted by molar-refractivity contribution is 6.06. The molecule has 2 aromatic carbocycles. The minimum absolute atomic E-state index is 0.0272. The van der Waals surface area contributed by atoms with Crippen molar-refractivity contribution in [3.8, 4) is 17.6 Å². The van der Waals surface area contributed by atoms with Gasteiger partial charge in [-0.15, -0.1) is 0 Å². The highest BCUT2D eigenvalue weighted by Gasteiger charge is 2.42. The highest BCUT2D eigenvalue weighted by Crippen LogP contribution is 2.41. The Morgan fingerprint density at radius 3 is 2.46 bits per heavy atom. The highest BCUT2D eigenvalue weighted by atomic mass is 16.6. The van der Waals surface area contributed by atoms with Crippen LogP contribution in [0.25, 0.3) is 0 Å². The number of hydrogen-bond acceptors (Lipinski definition) is 12. The van der Waals surface area contributed by atoms with E-state index in [2.05, 4.69) is 37.7 Å². The number of nitrogens with one attached hydrogen (secondary N) is 3. The Morgan fingerprint density at radius 2 is 1.74 bits per heavy atom. The molecule has 0 spiro atoms. The van der Waals surface area contributed by atoms with E-state index in [-0.39, 0.29) is 66.9 Å². The first kappa shape index (κ1) is 49.7. The fourth-order valence-electron chi connectivity index (χ4n) is 10.6. The van der Waals surface area contributed by atoms with Crippen molar-refractivity contribution in [2.24, 2.45) is 0 Å². The van der Waals surface area contributed by atoms with Crippen LogP contribution in [0.1, 0.15) is 156 Å². The summed E-state index contributed by atoms with van der Waals surface area (Å²) in [6, 6.07) is 9.88. The van der Waals surface area contributed by atoms with Gasteiger partial charge in [-0.3, -0.25) is 29.3 Å². The van der Waals surface area contributed by atoms with Crippen molar-refractivity contribution in [1.82, 2.24) is 30.4 Å². The van der Waals surface area contributed by atoms with Gasteiger partial charge in [-0.05, 0) is 121 Å². The van der Waals surface area contributed by atoms with Gasteiger partial charge in [-0.25, -0.2) is 9.78 Å². The molecule has 2 atom stereocenters. The molecule has 372 valence electrons. The summed E-state index contributed by atoms with van der Waals surface area (Å²) in [5, 5.41) is 8.86. The number of ether oxygens (including phenoxy) is 2. The Labute approximate surface area is 410 Å². The summed E-state index contributed by atoms with van der Waals surface area (Å²) in [7, 11) is 3.33. The van der Waals surface area contributed by atoms with E-state index in [9.17, 15) is 28.8 Å². The van der Waals surface area contributed by atoms with Crippen molar-refractivity contribution < 1.29 is 38.2 Å². The zero-order chi connectivity index (χ0) is 49.7. The van der Waals surface area contributed by atoms with Crippen molar-refractivity contribution in [1.29, 1.82) is 0 Å². The molecule has 0 radical (unpaired) electrons. The molecule has 5 aliphatic rings. The van der Waals surface area contributed by atoms with Crippen LogP contribution in [0.4, 0.5) is 27.9 Å². The fraction of sp³-hybridized carbons (Fsp3) is 0.547. The number of piperidine rings is 1. The average molecular weight is 958 g/mol. The van der Waals surface area contributed by atoms with Crippen LogP contribution in [0.15, 0.2) is 42.6 Å². The van der Waals surface area contributed by atoms with E-state index in [0.29, 0.717) is 85.7 Å². The summed E-state index contributed by atoms with van der Waals surface area (Å²) in [6.07, 6.45) is 12.8. The van der Waals surface area contributed by atoms with Crippen molar-refractivity contribution in [3.63, 3.8) is 0 Å². The van der Waals surface area contributed by atoms with Gasteiger partial charge in [-0.1, -0.05) is 44.1 Å². The number of carbonyl (C=O) groups excluding carboxylic acids is 6. The molecule has 6 amide bonds. The number of fused-ring (bicyclic) bond motifs is 2. The van der Waals surface area contributed by atoms with Gasteiger partial charge in [0.05, 0.1) is 19.0 Å². The molecule has 1 aromatic heterocycles. The number of hydrogen-bond donors (Lipinski definition) is 3. The third-order valence-electron chi connectivity index (χ3n) is 14.2. The number of likely N-dealkylation sites (N-methyl/N-ethyl adjacent to an activating group) is 1. The molecule has 70 heavy (non-hydrogen) atoms. The Bertz CT molecular complexity index is 2550. The molecule has 3 N–H and O–H groups in total. The van der Waals surface area contributed by atoms with Crippen LogP contribution >= 0.6 is 0 Å². The number of carbonyl (C=O) groups is 6. The maximum atomic E-state index is 13.7. The Morgan fingerprint density at radius 1 is 0.971 bits per heavy atom. The quantitative estimate of drug-likeness (QED) is 0.0825. The lowest BCUT2D eigenvalue weighted by Gasteiger charge is -2.43. The number of aromatic nitrogens is 2. The number of rotatable bonds is 14. The summed E-state index contributed by atoms with van der Waals surface area (Å²) in [6.45, 7) is 8.46. The predicted octanol–water partition coefficient (Wildman–Crippen LogP) is 7.38. The third kappa shape index (κ3) is 11.0. The lowest BCUT2D eigenvalue weighted by Crippen LogP contribution is -2.55. The van der Waals surface area contributed by atoms with Crippen molar-refractivity contribution in [2.75, 3.05) is 35.8 Å². The van der Waals surface area contributed by atoms with Gasteiger partial charge < -0.3 is 39.7 Å². The maximum absolute atomic E-state index is 13.7. The number of methoxy groups -OCH3 is 1. The van der Waals surface area contributed by atoms with Crippen LogP contribution in [0.3, 0.4) is 0 Å². The van der Waals surface area contributed by atoms with E-state index in [0.717, 1.165) is 61.9 Å². The summed E-state index contributed by atoms with van der Waals surface area (Å²) in [4.78, 5) is 94.8. The Kier molecular flexibility index (Phi) is 15.3. The fourth-order valence-corrected chi connectivity index (χ4v) is 10.6. The number of benzene rings is 2. The van der Waals surface area contributed by atoms with Gasteiger partial charge in [0.1, 0.15) is 29.1 Å². The first-order chi connectivity index (χ1) is 33.6. The number of amides is 6. The normalized spacial score (nSPS) is 21.4. The largest absolute Gasteiger partial charge is 0.495 e. The first-order valence-corrected chi connectivity index (χ1v) is 25.1. The third-order valence-corrected chi connectivity index (χ3v) is 14.2. The standard InChI is InChI=1S/C53H67N9O8/c1-7-41-50(67)59(5)43-31-54-51(58-46(43)62(41)37-18-12-13-19-37)56-40-26-21-34(30-44(40)69-6)47(64)55-35-22-24-36(25-23-35)60(52(68)70-53(2,3)4)29-14-10-8-9-11-16-33-17-15-20-38-39(33)32-61(49(38)66)42-27-28-45(63)57-48(42)65/h15,17,20-21,26,30-31,35-37,41-42H,7-10,12-14,18-19,22-25,27-29,32H2,1-6H3,(H,55,64)(H,54,56,58)(H,57,63,65)/t35-,36+,41-,42?/m1/s1. The molecule has 2 aliphatic carbocycles. The molecule has 3 aliphatic heterocycles. The van der Waals surface area contributed by atoms with Crippen molar-refractivity contribution >= 4 is 58.8 Å². The number of nitrogens with zero attached hydrogens (tertiary/aromatic N) is 6. The molecule has 1 saturated heterocycles. The van der Waals surface area contributed by atoms with Crippen LogP contribution < -0.4 is 30.5 Å². The molecule has 8 rings (SSSR count). The van der Waals surface area contributed by atoms with Crippen LogP contribution in [-0.4, -0.2) is 112 Å². The van der Waals surface area contributed by atoms with E-state index in [4.69, 9.17) is 14.5 Å². The van der Waals surface area contributed by atoms with Gasteiger partial charge in [0.2, 0.25) is 23.7 Å². The number of unbranched alkanes of at least 4 members (excludes halogenated alkanes) is 3. The predicted molar refractivity (Wildman–Crippen MR) is 265 cm³/mol. The molecule has 2 saturated carbocycles. The molecular weight excluding hydrogens is 891 g/mol. The zero-order valence-electron chi connectivity index (χ0n) is 41.4. The van der Waals surface area contributed by atoms with Gasteiger partial charge in [0.25, 0.3) is 11.8 Å². The molecule has 0 bridgehead atoms. The van der Waals surface area contributed by atoms with Crippen LogP contribution in [0.5, 0.6) is 5.75 Å². The lowest BCUT2D eigenvalue weighted by molar-refractivity contribution is -0.137. The monoisotopic (exact) mass is 958 g/mol. The van der Waals surface area contributed by atoms with Crippen molar-refractivity contribution in [3.05, 3.63) is 64.8 Å². The second kappa shape index (κ2) is 21.5. The minimum atomic E-state index is -0.677. The SMILES string of the molecule is CC[C@@H]1C(=O)N(C)c2cnc(Nc3ccc(C(=O)N[C@H]4CC[C@@H](N(CCCCCC#Cc5cccc6c5CN(C5CCC(=O)NC5=O)C6=O)C(=O)OC(C)(C)C)CC4)cc3OC)nc2N1C1CCCC1. The molecule has 17 heteroatoms. The first-order valence-electron chi connectivity index (χ1n) is 25.1. The molecule has 4 heterocycles. The number of imide groups is 1. The summed E-state index contributed by atoms with van der Waals surface area (Å²) in [5.41, 5.74) is 3.20. The maximum Gasteiger partial charge on any atom is 0.410 e. The second-order valence-electron chi connectivity index (χ2n) is 20.1. The van der Waals surface area contributed by atoms with E-state index in [1.165, 1.54) is 4.90 Å². The molecule has 17 nitrogen and oxygen atoms in total. The molecule has 1 unspecified atom stereocenters. The van der Waals surface area contributed by atoms with Gasteiger partial charge in [0.15, 0.2) is 5.82 Å². The lowest BCUT2D eigenvalue weighted by atomic mass is 9.90. The molecule has 3 aromatic rings. The van der Waals surface area contributed by atoms with Crippen LogP contribution in [0, 0.1) is 11.8 Å². The minimum Gasteiger partial charge on any atom is -0.495 e. The zero-order valence-corrected chi connectivity index (χ0v) is 41.4. The van der Waals surface area contributed by atoms with E-state index in [1.807, 2.05) is 38.7 Å². The summed E-state index contributed by atoms with van der Waals surface area (Å²) in [5.74, 6) is 6.95. The summed E-state index contributed by atoms with van der Waals surface area (Å²) >= 11 is 0. The van der Waals surface area contributed by atoms with Gasteiger partial charge in [0, 0.05) is 67.8 Å². The Balaban J connectivity index is 0.831. The van der Waals surface area contributed by atoms with E-state index < -0.39 is 17.6 Å². The molecule has 3 fully saturated rings. The molecular formula is C53H67N9O8. The topological polar surface area (TPSA) is 196 Å². The number of anilines is 4. The van der Waals surface area contributed by atoms with Crippen LogP contribution in [0.2, 0.25) is 0 Å². The smallest absolute Gasteiger partial charge is 0.410 e. The Hall–Kier alpha value is -6.70. The summed E-state index contributed by atoms with van der Waals surface area (Å²) < 4.78 is 11.6. The van der Waals surface area contributed by atoms with Crippen molar-refractivity contribution in [2.45, 2.75) is 166 Å². The van der Waals surface area contributed by atoms with E-state index >= 15 is 0 Å². The van der Waals surface area contributed by atoms with Crippen LogP contribution in [-0.2, 0) is 25.7 Å². The van der Waals surface area contributed by atoms with Gasteiger partial charge in [-0.2, -0.15) is 4.98 Å². The second-order valence-corrected chi connectivity index (χ2v) is 20.1. The average Bonchev–Trinajstić information content (AvgIpc) is 3.99. The van der Waals surface area contributed by atoms with E-state index in [1.54, 1.807) is 55.6 Å². The van der Waals surface area contributed by atoms with Gasteiger partial charge >= 0.3 is 6.09 Å².